The molecule has 1 aromatic rings. The molecule has 2 rings (SSSR count). The molecular weight excluding hydrogens is 405 g/mol. The average Bonchev–Trinajstić information content (AvgIpc) is 3.54. The number of carbonyl (C=O) groups is 1. The van der Waals surface area contributed by atoms with Gasteiger partial charge >= 0.3 is 6.18 Å². The normalized spacial score (nSPS) is 13.6. The molecule has 0 atom stereocenters. The molecule has 0 radical (unpaired) electrons. The van der Waals surface area contributed by atoms with E-state index >= 15 is 0 Å². The van der Waals surface area contributed by atoms with Crippen molar-refractivity contribution in [3.05, 3.63) is 66.7 Å². The summed E-state index contributed by atoms with van der Waals surface area (Å²) in [5.74, 6) is 0.0521. The lowest BCUT2D eigenvalue weighted by molar-refractivity contribution is -0.122. The van der Waals surface area contributed by atoms with E-state index in [1.165, 1.54) is 6.08 Å². The van der Waals surface area contributed by atoms with Crippen molar-refractivity contribution in [1.29, 1.82) is 0 Å². The van der Waals surface area contributed by atoms with Crippen LogP contribution in [0, 0.1) is 5.92 Å². The number of carbonyl (C=O) groups excluding carboxylic acids is 1. The van der Waals surface area contributed by atoms with Crippen molar-refractivity contribution in [3.63, 3.8) is 0 Å². The highest BCUT2D eigenvalue weighted by atomic mass is 19.4. The number of alkyl halides is 3. The molecule has 8 heteroatoms. The van der Waals surface area contributed by atoms with Crippen molar-refractivity contribution in [2.24, 2.45) is 11.7 Å². The standard InChI is InChI=1S/C23H27F3N4O/c1-5-19-20(16(4)28-12-10-14(2)27)13-18(30-21(19)15(3)23(24,25)26)7-6-11-29-22(31)17-8-9-17/h5-7,13,17,28H,1-4,8-12,27H2,(H,29,31)/b7-6+. The van der Waals surface area contributed by atoms with Crippen LogP contribution >= 0.6 is 0 Å². The zero-order valence-corrected chi connectivity index (χ0v) is 17.3. The molecule has 0 bridgehead atoms. The Balaban J connectivity index is 2.33. The van der Waals surface area contributed by atoms with Crippen LogP contribution < -0.4 is 16.4 Å². The number of halogens is 3. The van der Waals surface area contributed by atoms with Gasteiger partial charge in [0, 0.05) is 47.9 Å². The Labute approximate surface area is 180 Å². The zero-order chi connectivity index (χ0) is 23.2. The zero-order valence-electron chi connectivity index (χ0n) is 17.3. The van der Waals surface area contributed by atoms with Crippen LogP contribution in [0.2, 0.25) is 0 Å². The number of pyridine rings is 1. The Morgan fingerprint density at radius 3 is 2.48 bits per heavy atom. The van der Waals surface area contributed by atoms with Gasteiger partial charge in [0.25, 0.3) is 0 Å². The molecule has 1 fully saturated rings. The number of nitrogens with zero attached hydrogens (tertiary/aromatic N) is 1. The molecule has 1 aliphatic rings. The lowest BCUT2D eigenvalue weighted by atomic mass is 9.98. The number of nitrogens with two attached hydrogens (primary N) is 1. The topological polar surface area (TPSA) is 80.0 Å². The summed E-state index contributed by atoms with van der Waals surface area (Å²) in [6, 6.07) is 1.61. The maximum atomic E-state index is 13.4. The van der Waals surface area contributed by atoms with Crippen molar-refractivity contribution in [1.82, 2.24) is 15.6 Å². The number of hydrogen-bond acceptors (Lipinski definition) is 4. The summed E-state index contributed by atoms with van der Waals surface area (Å²) >= 11 is 0. The molecule has 0 aromatic carbocycles. The predicted molar refractivity (Wildman–Crippen MR) is 119 cm³/mol. The molecule has 31 heavy (non-hydrogen) atoms. The summed E-state index contributed by atoms with van der Waals surface area (Å²) in [5, 5.41) is 5.79. The fourth-order valence-corrected chi connectivity index (χ4v) is 2.78. The number of nitrogens with one attached hydrogen (secondary N) is 2. The van der Waals surface area contributed by atoms with Crippen LogP contribution in [0.3, 0.4) is 0 Å². The van der Waals surface area contributed by atoms with Crippen molar-refractivity contribution in [3.8, 4) is 0 Å². The van der Waals surface area contributed by atoms with E-state index < -0.39 is 11.7 Å². The Bertz CT molecular complexity index is 927. The lowest BCUT2D eigenvalue weighted by Gasteiger charge is -2.18. The minimum absolute atomic E-state index is 0.0227. The van der Waals surface area contributed by atoms with Gasteiger partial charge in [0.1, 0.15) is 0 Å². The van der Waals surface area contributed by atoms with Gasteiger partial charge in [-0.2, -0.15) is 13.2 Å². The van der Waals surface area contributed by atoms with E-state index in [4.69, 9.17) is 5.73 Å². The number of amides is 1. The van der Waals surface area contributed by atoms with Crippen LogP contribution in [0.25, 0.3) is 23.4 Å². The molecule has 1 amide bonds. The first-order valence-corrected chi connectivity index (χ1v) is 9.79. The van der Waals surface area contributed by atoms with E-state index in [0.29, 0.717) is 29.9 Å². The van der Waals surface area contributed by atoms with Crippen LogP contribution in [0.4, 0.5) is 13.2 Å². The van der Waals surface area contributed by atoms with Crippen LogP contribution in [-0.2, 0) is 4.79 Å². The first-order valence-electron chi connectivity index (χ1n) is 9.79. The van der Waals surface area contributed by atoms with Crippen molar-refractivity contribution >= 4 is 29.3 Å². The van der Waals surface area contributed by atoms with E-state index in [2.05, 4.69) is 41.9 Å². The van der Waals surface area contributed by atoms with Gasteiger partial charge in [-0.25, -0.2) is 4.98 Å². The van der Waals surface area contributed by atoms with E-state index in [-0.39, 0.29) is 35.3 Å². The number of rotatable bonds is 11. The molecule has 1 saturated carbocycles. The van der Waals surface area contributed by atoms with Gasteiger partial charge in [0.05, 0.1) is 17.0 Å². The van der Waals surface area contributed by atoms with E-state index in [1.54, 1.807) is 18.2 Å². The van der Waals surface area contributed by atoms with Crippen molar-refractivity contribution in [2.45, 2.75) is 25.4 Å². The maximum Gasteiger partial charge on any atom is 0.417 e. The number of aromatic nitrogens is 1. The summed E-state index contributed by atoms with van der Waals surface area (Å²) in [5.41, 5.74) is 5.87. The highest BCUT2D eigenvalue weighted by Crippen LogP contribution is 2.36. The maximum absolute atomic E-state index is 13.4. The summed E-state index contributed by atoms with van der Waals surface area (Å²) in [6.07, 6.45) is 2.07. The Morgan fingerprint density at radius 2 is 1.94 bits per heavy atom. The van der Waals surface area contributed by atoms with Gasteiger partial charge in [-0.15, -0.1) is 0 Å². The van der Waals surface area contributed by atoms with Crippen LogP contribution in [0.15, 0.2) is 44.2 Å². The average molecular weight is 432 g/mol. The number of allylic oxidation sites excluding steroid dienone is 1. The minimum atomic E-state index is -4.66. The van der Waals surface area contributed by atoms with Gasteiger partial charge in [-0.1, -0.05) is 38.5 Å². The number of hydrogen-bond donors (Lipinski definition) is 3. The van der Waals surface area contributed by atoms with Crippen molar-refractivity contribution in [2.75, 3.05) is 13.1 Å². The summed E-state index contributed by atoms with van der Waals surface area (Å²) in [7, 11) is 0. The fraction of sp³-hybridized carbons (Fsp3) is 0.304. The Hall–Kier alpha value is -3.29. The molecule has 1 aromatic heterocycles. The molecule has 1 heterocycles. The monoisotopic (exact) mass is 432 g/mol. The third kappa shape index (κ3) is 6.87. The van der Waals surface area contributed by atoms with Gasteiger partial charge < -0.3 is 16.4 Å². The summed E-state index contributed by atoms with van der Waals surface area (Å²) < 4.78 is 40.1. The second kappa shape index (κ2) is 10.1. The van der Waals surface area contributed by atoms with Gasteiger partial charge in [-0.3, -0.25) is 4.79 Å². The molecule has 4 N–H and O–H groups in total. The quantitative estimate of drug-likeness (QED) is 0.488. The minimum Gasteiger partial charge on any atom is -0.402 e. The Morgan fingerprint density at radius 1 is 1.26 bits per heavy atom. The van der Waals surface area contributed by atoms with Gasteiger partial charge in [0.2, 0.25) is 5.91 Å². The second-order valence-corrected chi connectivity index (χ2v) is 7.27. The molecule has 0 saturated heterocycles. The molecule has 5 nitrogen and oxygen atoms in total. The van der Waals surface area contributed by atoms with Gasteiger partial charge in [0.15, 0.2) is 0 Å². The van der Waals surface area contributed by atoms with Gasteiger partial charge in [-0.05, 0) is 25.0 Å². The van der Waals surface area contributed by atoms with Crippen LogP contribution in [0.5, 0.6) is 0 Å². The van der Waals surface area contributed by atoms with Crippen molar-refractivity contribution < 1.29 is 18.0 Å². The predicted octanol–water partition coefficient (Wildman–Crippen LogP) is 4.26. The smallest absolute Gasteiger partial charge is 0.402 e. The lowest BCUT2D eigenvalue weighted by Crippen LogP contribution is -2.24. The Kier molecular flexibility index (Phi) is 7.85. The molecule has 0 unspecified atom stereocenters. The molecular formula is C23H27F3N4O. The van der Waals surface area contributed by atoms with E-state index in [9.17, 15) is 18.0 Å². The second-order valence-electron chi connectivity index (χ2n) is 7.27. The van der Waals surface area contributed by atoms with Crippen LogP contribution in [-0.4, -0.2) is 30.2 Å². The first kappa shape index (κ1) is 24.0. The highest BCUT2D eigenvalue weighted by Gasteiger charge is 2.35. The summed E-state index contributed by atoms with van der Waals surface area (Å²) in [4.78, 5) is 15.8. The SMILES string of the molecule is C=Cc1c(C(=C)NCCC(=C)N)cc(/C=C/CNC(=O)C2CC2)nc1C(=C)C(F)(F)F. The highest BCUT2D eigenvalue weighted by molar-refractivity contribution is 5.82. The van der Waals surface area contributed by atoms with E-state index in [1.807, 2.05) is 0 Å². The summed E-state index contributed by atoms with van der Waals surface area (Å²) in [6.45, 7) is 15.0. The molecule has 0 spiro atoms. The van der Waals surface area contributed by atoms with Crippen LogP contribution in [0.1, 0.15) is 41.8 Å². The largest absolute Gasteiger partial charge is 0.417 e. The molecule has 1 aliphatic carbocycles. The third-order valence-corrected chi connectivity index (χ3v) is 4.65. The first-order chi connectivity index (χ1) is 14.5. The molecule has 166 valence electrons. The fourth-order valence-electron chi connectivity index (χ4n) is 2.78. The third-order valence-electron chi connectivity index (χ3n) is 4.65. The van der Waals surface area contributed by atoms with E-state index in [0.717, 1.165) is 12.8 Å². The molecule has 0 aliphatic heterocycles.